The van der Waals surface area contributed by atoms with E-state index in [-0.39, 0.29) is 0 Å². The molecule has 0 bridgehead atoms. The minimum absolute atomic E-state index is 0.411. The molecule has 0 aliphatic carbocycles. The molecule has 0 saturated heterocycles. The number of rotatable bonds is 3. The summed E-state index contributed by atoms with van der Waals surface area (Å²) in [5, 5.41) is 6.24. The maximum absolute atomic E-state index is 12.0. The molecule has 1 aromatic heterocycles. The van der Waals surface area contributed by atoms with Gasteiger partial charge in [0.05, 0.1) is 11.1 Å². The van der Waals surface area contributed by atoms with Crippen molar-refractivity contribution in [1.29, 1.82) is 0 Å². The van der Waals surface area contributed by atoms with Gasteiger partial charge in [-0.3, -0.25) is 14.4 Å². The molecule has 112 valence electrons. The van der Waals surface area contributed by atoms with Crippen LogP contribution in [0.2, 0.25) is 0 Å². The van der Waals surface area contributed by atoms with Gasteiger partial charge in [-0.05, 0) is 23.4 Å². The number of carbonyl (C=O) groups excluding carboxylic acids is 1. The van der Waals surface area contributed by atoms with E-state index in [1.807, 2.05) is 18.2 Å². The summed E-state index contributed by atoms with van der Waals surface area (Å²) >= 11 is 4.67. The first kappa shape index (κ1) is 15.7. The second-order valence-corrected chi connectivity index (χ2v) is 7.47. The van der Waals surface area contributed by atoms with Gasteiger partial charge in [-0.15, -0.1) is 11.3 Å². The molecule has 10 heteroatoms. The Morgan fingerprint density at radius 1 is 1.48 bits per heavy atom. The number of halogens is 1. The van der Waals surface area contributed by atoms with Crippen molar-refractivity contribution in [2.75, 3.05) is 6.26 Å². The summed E-state index contributed by atoms with van der Waals surface area (Å²) < 4.78 is 27.4. The van der Waals surface area contributed by atoms with E-state index in [2.05, 4.69) is 30.7 Å². The highest BCUT2D eigenvalue weighted by Gasteiger charge is 2.13. The van der Waals surface area contributed by atoms with Crippen LogP contribution in [0.25, 0.3) is 10.1 Å². The van der Waals surface area contributed by atoms with Gasteiger partial charge < -0.3 is 5.73 Å². The zero-order valence-corrected chi connectivity index (χ0v) is 13.9. The van der Waals surface area contributed by atoms with E-state index >= 15 is 0 Å². The number of oxime groups is 1. The maximum Gasteiger partial charge on any atom is 0.325 e. The minimum atomic E-state index is -3.77. The van der Waals surface area contributed by atoms with Crippen molar-refractivity contribution in [3.05, 3.63) is 33.6 Å². The average Bonchev–Trinajstić information content (AvgIpc) is 2.81. The number of thiophene rings is 1. The Balaban J connectivity index is 2.17. The largest absolute Gasteiger partial charge is 0.367 e. The van der Waals surface area contributed by atoms with Gasteiger partial charge in [0.2, 0.25) is 5.96 Å². The smallest absolute Gasteiger partial charge is 0.325 e. The molecule has 1 aromatic carbocycles. The third-order valence-corrected chi connectivity index (χ3v) is 4.38. The van der Waals surface area contributed by atoms with Crippen LogP contribution in [0.5, 0.6) is 0 Å². The Bertz CT molecular complexity index is 829. The zero-order chi connectivity index (χ0) is 15.6. The predicted octanol–water partition coefficient (Wildman–Crippen LogP) is 1.60. The molecule has 0 spiro atoms. The zero-order valence-electron chi connectivity index (χ0n) is 10.7. The number of nitrogens with two attached hydrogens (primary N) is 1. The van der Waals surface area contributed by atoms with Crippen LogP contribution in [0.1, 0.15) is 9.67 Å². The molecule has 7 nitrogen and oxygen atoms in total. The lowest BCUT2D eigenvalue weighted by Gasteiger charge is -2.01. The molecule has 3 N–H and O–H groups in total. The fraction of sp³-hybridized carbons (Fsp3) is 0.0909. The molecule has 21 heavy (non-hydrogen) atoms. The molecule has 0 saturated carbocycles. The lowest BCUT2D eigenvalue weighted by atomic mass is 10.2. The molecule has 0 unspecified atom stereocenters. The number of amides is 1. The van der Waals surface area contributed by atoms with Crippen molar-refractivity contribution in [1.82, 2.24) is 5.32 Å². The Morgan fingerprint density at radius 3 is 2.81 bits per heavy atom. The number of nitrogens with zero attached hydrogens (tertiary/aromatic N) is 1. The highest BCUT2D eigenvalue weighted by atomic mass is 79.9. The molecular weight excluding hydrogens is 382 g/mol. The van der Waals surface area contributed by atoms with Crippen molar-refractivity contribution >= 4 is 59.3 Å². The third-order valence-electron chi connectivity index (χ3n) is 2.24. The van der Waals surface area contributed by atoms with Crippen molar-refractivity contribution in [2.45, 2.75) is 0 Å². The summed E-state index contributed by atoms with van der Waals surface area (Å²) in [4.78, 5) is 12.4. The molecular formula is C11H10BrN3O4S2. The van der Waals surface area contributed by atoms with Gasteiger partial charge >= 0.3 is 10.1 Å². The summed E-state index contributed by atoms with van der Waals surface area (Å²) in [5.41, 5.74) is 5.37. The van der Waals surface area contributed by atoms with Gasteiger partial charge in [-0.1, -0.05) is 22.0 Å². The molecule has 1 heterocycles. The van der Waals surface area contributed by atoms with Crippen LogP contribution < -0.4 is 11.1 Å². The number of hydrogen-bond acceptors (Lipinski definition) is 6. The van der Waals surface area contributed by atoms with Gasteiger partial charge in [0.1, 0.15) is 0 Å². The third kappa shape index (κ3) is 4.16. The predicted molar refractivity (Wildman–Crippen MR) is 84.5 cm³/mol. The van der Waals surface area contributed by atoms with Crippen LogP contribution in [0.4, 0.5) is 0 Å². The van der Waals surface area contributed by atoms with Crippen LogP contribution in [0.15, 0.2) is 33.9 Å². The van der Waals surface area contributed by atoms with E-state index in [1.165, 1.54) is 11.3 Å². The van der Waals surface area contributed by atoms with Crippen molar-refractivity contribution in [3.63, 3.8) is 0 Å². The maximum atomic E-state index is 12.0. The second-order valence-electron chi connectivity index (χ2n) is 3.97. The van der Waals surface area contributed by atoms with E-state index in [9.17, 15) is 13.2 Å². The Morgan fingerprint density at radius 2 is 2.19 bits per heavy atom. The fourth-order valence-corrected chi connectivity index (χ4v) is 3.26. The second kappa shape index (κ2) is 6.00. The topological polar surface area (TPSA) is 111 Å². The first-order valence-corrected chi connectivity index (χ1v) is 8.90. The highest BCUT2D eigenvalue weighted by Crippen LogP contribution is 2.31. The van der Waals surface area contributed by atoms with Crippen LogP contribution >= 0.6 is 27.3 Å². The summed E-state index contributed by atoms with van der Waals surface area (Å²) in [6.45, 7) is 0. The number of hydrogen-bond donors (Lipinski definition) is 2. The van der Waals surface area contributed by atoms with E-state index in [0.717, 1.165) is 20.8 Å². The summed E-state index contributed by atoms with van der Waals surface area (Å²) in [6.07, 6.45) is 0.815. The molecule has 0 fully saturated rings. The van der Waals surface area contributed by atoms with E-state index in [1.54, 1.807) is 6.07 Å². The number of carbonyl (C=O) groups is 1. The van der Waals surface area contributed by atoms with Crippen molar-refractivity contribution < 1.29 is 17.5 Å². The number of guanidine groups is 1. The Labute approximate surface area is 133 Å². The molecule has 0 atom stereocenters. The van der Waals surface area contributed by atoms with E-state index < -0.39 is 22.0 Å². The Hall–Kier alpha value is -1.65. The van der Waals surface area contributed by atoms with E-state index in [4.69, 9.17) is 5.73 Å². The van der Waals surface area contributed by atoms with Gasteiger partial charge in [0.25, 0.3) is 5.91 Å². The first-order chi connectivity index (χ1) is 9.76. The molecule has 2 rings (SSSR count). The van der Waals surface area contributed by atoms with Gasteiger partial charge in [0.15, 0.2) is 0 Å². The van der Waals surface area contributed by atoms with Gasteiger partial charge in [-0.25, -0.2) is 0 Å². The molecule has 1 amide bonds. The summed E-state index contributed by atoms with van der Waals surface area (Å²) in [6, 6.07) is 7.31. The number of benzene rings is 1. The molecule has 2 aromatic rings. The lowest BCUT2D eigenvalue weighted by Crippen LogP contribution is -2.36. The minimum Gasteiger partial charge on any atom is -0.367 e. The summed E-state index contributed by atoms with van der Waals surface area (Å²) in [5.74, 6) is -0.941. The monoisotopic (exact) mass is 391 g/mol. The molecule has 0 radical (unpaired) electrons. The molecule has 0 aliphatic rings. The Kier molecular flexibility index (Phi) is 4.49. The standard InChI is InChI=1S/C11H10BrN3O4S2/c1-21(17,18)19-15-11(13)14-10(16)9-5-6-7(12)3-2-4-8(6)20-9/h2-5H,1H3,(H3,13,14,15,16). The summed E-state index contributed by atoms with van der Waals surface area (Å²) in [7, 11) is -3.77. The SMILES string of the molecule is CS(=O)(=O)ON=C(N)NC(=O)c1cc2c(Br)cccc2s1. The average molecular weight is 392 g/mol. The lowest BCUT2D eigenvalue weighted by molar-refractivity contribution is 0.0979. The van der Waals surface area contributed by atoms with Crippen LogP contribution in [0.3, 0.4) is 0 Å². The number of nitrogens with one attached hydrogen (secondary N) is 1. The fourth-order valence-electron chi connectivity index (χ4n) is 1.45. The van der Waals surface area contributed by atoms with E-state index in [0.29, 0.717) is 4.88 Å². The number of fused-ring (bicyclic) bond motifs is 1. The van der Waals surface area contributed by atoms with Crippen LogP contribution in [0, 0.1) is 0 Å². The van der Waals surface area contributed by atoms with Crippen LogP contribution in [-0.4, -0.2) is 26.5 Å². The van der Waals surface area contributed by atoms with Gasteiger partial charge in [0, 0.05) is 14.6 Å². The van der Waals surface area contributed by atoms with Gasteiger partial charge in [-0.2, -0.15) is 8.42 Å². The van der Waals surface area contributed by atoms with Crippen LogP contribution in [-0.2, 0) is 14.4 Å². The van der Waals surface area contributed by atoms with Crippen molar-refractivity contribution in [2.24, 2.45) is 10.9 Å². The first-order valence-electron chi connectivity index (χ1n) is 5.48. The van der Waals surface area contributed by atoms with Crippen molar-refractivity contribution in [3.8, 4) is 0 Å². The quantitative estimate of drug-likeness (QED) is 0.468. The normalized spacial score (nSPS) is 12.4. The highest BCUT2D eigenvalue weighted by molar-refractivity contribution is 9.10. The molecule has 0 aliphatic heterocycles.